The number of hydrogen-bond donors (Lipinski definition) is 1. The second-order valence-electron chi connectivity index (χ2n) is 8.53. The fraction of sp³-hybridized carbons (Fsp3) is 0.652. The molecule has 0 spiro atoms. The molecular weight excluding hydrogens is 390 g/mol. The van der Waals surface area contributed by atoms with E-state index in [0.717, 1.165) is 17.1 Å². The van der Waals surface area contributed by atoms with Gasteiger partial charge in [-0.3, -0.25) is 4.79 Å². The molecule has 2 aromatic rings. The van der Waals surface area contributed by atoms with Crippen molar-refractivity contribution in [1.29, 1.82) is 0 Å². The van der Waals surface area contributed by atoms with Gasteiger partial charge in [0, 0.05) is 24.9 Å². The van der Waals surface area contributed by atoms with Crippen LogP contribution in [-0.4, -0.2) is 46.5 Å². The van der Waals surface area contributed by atoms with E-state index in [1.807, 2.05) is 0 Å². The van der Waals surface area contributed by atoms with Gasteiger partial charge in [0.05, 0.1) is 18.1 Å². The predicted octanol–water partition coefficient (Wildman–Crippen LogP) is 4.98. The topological polar surface area (TPSA) is 64.3 Å². The zero-order chi connectivity index (χ0) is 21.9. The van der Waals surface area contributed by atoms with E-state index >= 15 is 0 Å². The van der Waals surface area contributed by atoms with Crippen LogP contribution in [0.2, 0.25) is 0 Å². The molecule has 2 saturated carbocycles. The average molecular weight is 423 g/mol. The molecule has 0 atom stereocenters. The number of carbonyl (C=O) groups is 1. The number of aryl methyl sites for hydroxylation is 1. The normalized spacial score (nSPS) is 16.7. The van der Waals surface area contributed by atoms with Crippen molar-refractivity contribution in [2.24, 2.45) is 0 Å². The number of carbonyl (C=O) groups excluding carboxylic acids is 1. The van der Waals surface area contributed by atoms with Crippen LogP contribution in [0.3, 0.4) is 0 Å². The number of rotatable bonds is 8. The lowest BCUT2D eigenvalue weighted by atomic mass is 9.92. The molecule has 0 amide bonds. The van der Waals surface area contributed by atoms with Crippen molar-refractivity contribution in [2.75, 3.05) is 20.5 Å². The van der Waals surface area contributed by atoms with Gasteiger partial charge in [0.2, 0.25) is 0 Å². The minimum atomic E-state index is -2.08. The van der Waals surface area contributed by atoms with Gasteiger partial charge in [0.1, 0.15) is 36.3 Å². The quantitative estimate of drug-likeness (QED) is 0.652. The number of methoxy groups -OCH3 is 1. The average Bonchev–Trinajstić information content (AvgIpc) is 3.51. The number of benzene rings is 1. The number of nitrogens with zero attached hydrogens (tertiary/aromatic N) is 2. The first-order chi connectivity index (χ1) is 14.4. The van der Waals surface area contributed by atoms with Crippen LogP contribution < -0.4 is 4.74 Å². The van der Waals surface area contributed by atoms with E-state index in [0.29, 0.717) is 12.0 Å². The van der Waals surface area contributed by atoms with Gasteiger partial charge in [0.15, 0.2) is 0 Å². The van der Waals surface area contributed by atoms with Gasteiger partial charge in [-0.1, -0.05) is 6.92 Å². The van der Waals surface area contributed by atoms with Crippen LogP contribution in [0.1, 0.15) is 75.2 Å². The summed E-state index contributed by atoms with van der Waals surface area (Å²) >= 11 is 0. The molecule has 1 N–H and O–H groups in total. The molecule has 2 aliphatic rings. The molecule has 1 heterocycles. The first-order valence-electron chi connectivity index (χ1n) is 10.8. The molecule has 1 aromatic carbocycles. The van der Waals surface area contributed by atoms with Gasteiger partial charge in [-0.15, -0.1) is 0 Å². The van der Waals surface area contributed by atoms with Crippen LogP contribution in [0.15, 0.2) is 12.1 Å². The van der Waals surface area contributed by atoms with Crippen LogP contribution >= 0.6 is 0 Å². The Morgan fingerprint density at radius 3 is 2.40 bits per heavy atom. The number of Topliss-reactive ketones (excluding diaryl/α,β-unsaturated/α-hetero) is 1. The van der Waals surface area contributed by atoms with E-state index in [1.165, 1.54) is 43.2 Å². The molecule has 30 heavy (non-hydrogen) atoms. The number of fused-ring (bicyclic) bond motifs is 1. The second kappa shape index (κ2) is 9.41. The first kappa shape index (κ1) is 22.7. The van der Waals surface area contributed by atoms with E-state index in [-0.39, 0.29) is 12.2 Å². The molecular formula is C23H32F2N2O3. The third kappa shape index (κ3) is 4.82. The van der Waals surface area contributed by atoms with Gasteiger partial charge < -0.3 is 14.4 Å². The maximum absolute atomic E-state index is 11.9. The summed E-state index contributed by atoms with van der Waals surface area (Å²) in [6.45, 7) is 1.28. The van der Waals surface area contributed by atoms with Crippen LogP contribution in [0.25, 0.3) is 11.0 Å². The van der Waals surface area contributed by atoms with Crippen molar-refractivity contribution in [1.82, 2.24) is 9.55 Å². The Bertz CT molecular complexity index is 884. The maximum Gasteiger partial charge on any atom is 0.135 e. The van der Waals surface area contributed by atoms with Crippen molar-refractivity contribution < 1.29 is 23.4 Å². The van der Waals surface area contributed by atoms with Gasteiger partial charge in [-0.25, -0.2) is 13.8 Å². The van der Waals surface area contributed by atoms with Gasteiger partial charge in [-0.05, 0) is 56.6 Å². The fourth-order valence-electron chi connectivity index (χ4n) is 3.88. The number of hydrogen-bond acceptors (Lipinski definition) is 4. The van der Waals surface area contributed by atoms with Crippen molar-refractivity contribution >= 4 is 16.8 Å². The summed E-state index contributed by atoms with van der Waals surface area (Å²) in [6.07, 6.45) is 6.33. The maximum atomic E-state index is 11.9. The largest absolute Gasteiger partial charge is 0.496 e. The Morgan fingerprint density at radius 2 is 1.93 bits per heavy atom. The Kier molecular flexibility index (Phi) is 7.11. The highest BCUT2D eigenvalue weighted by atomic mass is 19.1. The number of alkyl halides is 2. The number of aliphatic hydroxyl groups is 1. The van der Waals surface area contributed by atoms with Gasteiger partial charge in [0.25, 0.3) is 0 Å². The summed E-state index contributed by atoms with van der Waals surface area (Å²) in [6, 6.07) is 5.14. The van der Waals surface area contributed by atoms with Crippen molar-refractivity contribution in [3.05, 3.63) is 23.5 Å². The number of ether oxygens (including phenoxy) is 1. The van der Waals surface area contributed by atoms with E-state index in [9.17, 15) is 13.6 Å². The summed E-state index contributed by atoms with van der Waals surface area (Å²) in [5.74, 6) is 2.55. The summed E-state index contributed by atoms with van der Waals surface area (Å²) in [5.41, 5.74) is 1.71. The van der Waals surface area contributed by atoms with Gasteiger partial charge >= 0.3 is 0 Å². The highest BCUT2D eigenvalue weighted by Crippen LogP contribution is 2.46. The molecule has 4 rings (SSSR count). The number of halogens is 2. The van der Waals surface area contributed by atoms with Crippen LogP contribution in [-0.2, 0) is 4.79 Å². The summed E-state index contributed by atoms with van der Waals surface area (Å²) in [5, 5.41) is 8.96. The van der Waals surface area contributed by atoms with Crippen LogP contribution in [0.5, 0.6) is 5.75 Å². The first-order valence-corrected chi connectivity index (χ1v) is 10.8. The van der Waals surface area contributed by atoms with E-state index < -0.39 is 25.4 Å². The lowest BCUT2D eigenvalue weighted by molar-refractivity contribution is -0.125. The summed E-state index contributed by atoms with van der Waals surface area (Å²) in [7, 11) is 1.77. The Hall–Kier alpha value is -2.02. The highest BCUT2D eigenvalue weighted by molar-refractivity contribution is 5.80. The van der Waals surface area contributed by atoms with E-state index in [2.05, 4.69) is 23.6 Å². The zero-order valence-corrected chi connectivity index (χ0v) is 18.1. The second-order valence-corrected chi connectivity index (χ2v) is 8.53. The third-order valence-electron chi connectivity index (χ3n) is 6.09. The van der Waals surface area contributed by atoms with Crippen LogP contribution in [0.4, 0.5) is 8.78 Å². The Morgan fingerprint density at radius 1 is 1.27 bits per heavy atom. The summed E-state index contributed by atoms with van der Waals surface area (Å²) < 4.78 is 31.8. The molecule has 0 radical (unpaired) electrons. The molecule has 5 nitrogen and oxygen atoms in total. The highest BCUT2D eigenvalue weighted by Gasteiger charge is 2.30. The van der Waals surface area contributed by atoms with E-state index in [1.54, 1.807) is 14.0 Å². The number of aromatic nitrogens is 2. The molecule has 7 heteroatoms. The van der Waals surface area contributed by atoms with Crippen molar-refractivity contribution in [3.63, 3.8) is 0 Å². The number of imidazole rings is 1. The third-order valence-corrected chi connectivity index (χ3v) is 6.09. The Balaban J connectivity index is 0.000000202. The summed E-state index contributed by atoms with van der Waals surface area (Å²) in [4.78, 5) is 15.4. The molecule has 1 aromatic heterocycles. The molecule has 2 aliphatic carbocycles. The van der Waals surface area contributed by atoms with Crippen molar-refractivity contribution in [2.45, 2.75) is 76.4 Å². The molecule has 0 unspecified atom stereocenters. The Labute approximate surface area is 176 Å². The molecule has 2 fully saturated rings. The molecule has 0 bridgehead atoms. The minimum absolute atomic E-state index is 0.197. The standard InChI is InChI=1S/C16H20N2O.C7H12F2O2/c1-10-17-14-9-16(19-2)13(11-6-7-11)8-15(14)18(10)12-4-3-5-12;1-2-6(10)3-7(11,4-8)5-9/h8-9,11-12H,3-7H2,1-2H3;11H,2-5H2,1H3. The molecule has 166 valence electrons. The van der Waals surface area contributed by atoms with Gasteiger partial charge in [-0.2, -0.15) is 0 Å². The lowest BCUT2D eigenvalue weighted by Gasteiger charge is -2.28. The lowest BCUT2D eigenvalue weighted by Crippen LogP contribution is -2.36. The smallest absolute Gasteiger partial charge is 0.135 e. The van der Waals surface area contributed by atoms with Crippen molar-refractivity contribution in [3.8, 4) is 5.75 Å². The monoisotopic (exact) mass is 422 g/mol. The SMILES string of the molecule is CCC(=O)CC(O)(CF)CF.COc1cc2nc(C)n(C3CCC3)c2cc1C1CC1. The number of ketones is 1. The fourth-order valence-corrected chi connectivity index (χ4v) is 3.88. The molecule has 0 saturated heterocycles. The minimum Gasteiger partial charge on any atom is -0.496 e. The predicted molar refractivity (Wildman–Crippen MR) is 113 cm³/mol. The van der Waals surface area contributed by atoms with E-state index in [4.69, 9.17) is 14.8 Å². The zero-order valence-electron chi connectivity index (χ0n) is 18.1. The van der Waals surface area contributed by atoms with Crippen LogP contribution in [0, 0.1) is 6.92 Å². The molecule has 0 aliphatic heterocycles.